The van der Waals surface area contributed by atoms with Crippen molar-refractivity contribution in [2.45, 2.75) is 44.9 Å². The Labute approximate surface area is 117 Å². The number of aromatic nitrogens is 3. The van der Waals surface area contributed by atoms with E-state index in [2.05, 4.69) is 15.2 Å². The highest BCUT2D eigenvalue weighted by Gasteiger charge is 2.32. The number of hydrogen-bond donors (Lipinski definition) is 2. The molecular formula is C14H22N4O2. The molecule has 0 radical (unpaired) electrons. The van der Waals surface area contributed by atoms with Crippen molar-refractivity contribution in [3.8, 4) is 0 Å². The molecule has 2 aliphatic rings. The second-order valence-electron chi connectivity index (χ2n) is 6.06. The van der Waals surface area contributed by atoms with E-state index >= 15 is 0 Å². The Bertz CT molecular complexity index is 521. The summed E-state index contributed by atoms with van der Waals surface area (Å²) in [6.45, 7) is 1.83. The van der Waals surface area contributed by atoms with E-state index in [0.29, 0.717) is 24.6 Å². The maximum atomic E-state index is 12.2. The van der Waals surface area contributed by atoms with Gasteiger partial charge in [-0.25, -0.2) is 9.89 Å². The molecule has 2 N–H and O–H groups in total. The van der Waals surface area contributed by atoms with Gasteiger partial charge in [-0.05, 0) is 24.7 Å². The van der Waals surface area contributed by atoms with E-state index in [1.807, 2.05) is 4.90 Å². The maximum Gasteiger partial charge on any atom is 0.340 e. The molecule has 2 heterocycles. The van der Waals surface area contributed by atoms with E-state index in [0.717, 1.165) is 25.4 Å². The van der Waals surface area contributed by atoms with Gasteiger partial charge in [0.15, 0.2) is 0 Å². The Kier molecular flexibility index (Phi) is 3.89. The fraction of sp³-hybridized carbons (Fsp3) is 0.786. The number of nitrogens with one attached hydrogen (secondary N) is 2. The smallest absolute Gasteiger partial charge is 0.340 e. The number of H-pyrrole nitrogens is 2. The van der Waals surface area contributed by atoms with E-state index in [-0.39, 0.29) is 11.6 Å². The molecule has 2 atom stereocenters. The standard InChI is InChI=1S/C14H22N4O2/c19-13(6-5-12-15-14(20)17-16-12)18-8-7-10-3-1-2-4-11(10)9-18/h10-11H,1-9H2,(H2,15,16,17,20)/t10-,11-/m0/s1. The van der Waals surface area contributed by atoms with Crippen molar-refractivity contribution in [3.05, 3.63) is 16.3 Å². The predicted molar refractivity (Wildman–Crippen MR) is 74.2 cm³/mol. The lowest BCUT2D eigenvalue weighted by atomic mass is 9.75. The molecule has 0 bridgehead atoms. The molecule has 20 heavy (non-hydrogen) atoms. The Hall–Kier alpha value is -1.59. The minimum absolute atomic E-state index is 0.192. The van der Waals surface area contributed by atoms with Crippen LogP contribution in [0.3, 0.4) is 0 Å². The Morgan fingerprint density at radius 2 is 2.05 bits per heavy atom. The first kappa shape index (κ1) is 13.4. The zero-order valence-electron chi connectivity index (χ0n) is 11.7. The van der Waals surface area contributed by atoms with Gasteiger partial charge in [-0.2, -0.15) is 5.10 Å². The van der Waals surface area contributed by atoms with Crippen molar-refractivity contribution in [2.75, 3.05) is 13.1 Å². The third-order valence-electron chi connectivity index (χ3n) is 4.77. The molecule has 1 saturated heterocycles. The molecule has 6 heteroatoms. The fourth-order valence-electron chi connectivity index (χ4n) is 3.63. The molecule has 0 unspecified atom stereocenters. The molecule has 1 saturated carbocycles. The second kappa shape index (κ2) is 5.81. The van der Waals surface area contributed by atoms with Crippen LogP contribution in [0.15, 0.2) is 4.79 Å². The van der Waals surface area contributed by atoms with Gasteiger partial charge < -0.3 is 4.90 Å². The predicted octanol–water partition coefficient (Wildman–Crippen LogP) is 1.07. The Morgan fingerprint density at radius 3 is 2.80 bits per heavy atom. The van der Waals surface area contributed by atoms with Gasteiger partial charge >= 0.3 is 5.69 Å². The highest BCUT2D eigenvalue weighted by atomic mass is 16.2. The van der Waals surface area contributed by atoms with Crippen LogP contribution in [0.1, 0.15) is 44.3 Å². The summed E-state index contributed by atoms with van der Waals surface area (Å²) in [7, 11) is 0. The van der Waals surface area contributed by atoms with E-state index in [4.69, 9.17) is 0 Å². The van der Waals surface area contributed by atoms with Gasteiger partial charge in [0.05, 0.1) is 0 Å². The summed E-state index contributed by atoms with van der Waals surface area (Å²) in [6.07, 6.45) is 7.40. The van der Waals surface area contributed by atoms with Crippen LogP contribution in [0, 0.1) is 11.8 Å². The van der Waals surface area contributed by atoms with Crippen LogP contribution < -0.4 is 5.69 Å². The number of piperidine rings is 1. The number of hydrogen-bond acceptors (Lipinski definition) is 3. The highest BCUT2D eigenvalue weighted by molar-refractivity contribution is 5.76. The van der Waals surface area contributed by atoms with Gasteiger partial charge in [0, 0.05) is 25.9 Å². The quantitative estimate of drug-likeness (QED) is 0.867. The van der Waals surface area contributed by atoms with Gasteiger partial charge in [-0.1, -0.05) is 19.3 Å². The molecule has 1 amide bonds. The van der Waals surface area contributed by atoms with Crippen LogP contribution in [-0.4, -0.2) is 39.1 Å². The average Bonchev–Trinajstić information content (AvgIpc) is 2.90. The molecule has 1 aliphatic heterocycles. The van der Waals surface area contributed by atoms with Crippen molar-refractivity contribution in [3.63, 3.8) is 0 Å². The number of fused-ring (bicyclic) bond motifs is 1. The van der Waals surface area contributed by atoms with E-state index in [9.17, 15) is 9.59 Å². The SMILES string of the molecule is O=C(CCc1n[nH]c(=O)[nH]1)N1CC[C@@H]2CCCC[C@H]2C1. The van der Waals surface area contributed by atoms with Gasteiger partial charge in [0.25, 0.3) is 0 Å². The summed E-state index contributed by atoms with van der Waals surface area (Å²) < 4.78 is 0. The van der Waals surface area contributed by atoms with Crippen LogP contribution in [0.4, 0.5) is 0 Å². The fourth-order valence-corrected chi connectivity index (χ4v) is 3.63. The molecule has 110 valence electrons. The summed E-state index contributed by atoms with van der Waals surface area (Å²) in [5, 5.41) is 6.16. The first-order valence-electron chi connectivity index (χ1n) is 7.63. The van der Waals surface area contributed by atoms with Crippen LogP contribution in [-0.2, 0) is 11.2 Å². The first-order chi connectivity index (χ1) is 9.72. The molecular weight excluding hydrogens is 256 g/mol. The first-order valence-corrected chi connectivity index (χ1v) is 7.63. The second-order valence-corrected chi connectivity index (χ2v) is 6.06. The minimum atomic E-state index is -0.310. The van der Waals surface area contributed by atoms with E-state index in [1.165, 1.54) is 25.7 Å². The number of likely N-dealkylation sites (tertiary alicyclic amines) is 1. The number of carbonyl (C=O) groups is 1. The normalized spacial score (nSPS) is 26.3. The lowest BCUT2D eigenvalue weighted by Gasteiger charge is -2.41. The van der Waals surface area contributed by atoms with Gasteiger partial charge in [-0.15, -0.1) is 0 Å². The third kappa shape index (κ3) is 2.94. The van der Waals surface area contributed by atoms with Crippen molar-refractivity contribution in [1.29, 1.82) is 0 Å². The molecule has 0 spiro atoms. The Morgan fingerprint density at radius 1 is 1.25 bits per heavy atom. The number of nitrogens with zero attached hydrogens (tertiary/aromatic N) is 2. The van der Waals surface area contributed by atoms with E-state index in [1.54, 1.807) is 0 Å². The number of aromatic amines is 2. The van der Waals surface area contributed by atoms with Crippen molar-refractivity contribution < 1.29 is 4.79 Å². The molecule has 2 fully saturated rings. The van der Waals surface area contributed by atoms with Crippen molar-refractivity contribution in [1.82, 2.24) is 20.1 Å². The number of rotatable bonds is 3. The number of aryl methyl sites for hydroxylation is 1. The van der Waals surface area contributed by atoms with Gasteiger partial charge in [0.2, 0.25) is 5.91 Å². The summed E-state index contributed by atoms with van der Waals surface area (Å²) >= 11 is 0. The zero-order valence-corrected chi connectivity index (χ0v) is 11.7. The van der Waals surface area contributed by atoms with Gasteiger partial charge in [0.1, 0.15) is 5.82 Å². The number of carbonyl (C=O) groups excluding carboxylic acids is 1. The zero-order chi connectivity index (χ0) is 13.9. The summed E-state index contributed by atoms with van der Waals surface area (Å²) in [5.41, 5.74) is -0.310. The third-order valence-corrected chi connectivity index (χ3v) is 4.77. The average molecular weight is 278 g/mol. The Balaban J connectivity index is 1.51. The molecule has 0 aromatic carbocycles. The molecule has 1 aromatic heterocycles. The summed E-state index contributed by atoms with van der Waals surface area (Å²) in [4.78, 5) is 27.8. The van der Waals surface area contributed by atoms with Crippen LogP contribution in [0.25, 0.3) is 0 Å². The molecule has 3 rings (SSSR count). The molecule has 1 aliphatic carbocycles. The molecule has 1 aromatic rings. The van der Waals surface area contributed by atoms with Crippen LogP contribution >= 0.6 is 0 Å². The topological polar surface area (TPSA) is 81.8 Å². The summed E-state index contributed by atoms with van der Waals surface area (Å²) in [5.74, 6) is 2.32. The lowest BCUT2D eigenvalue weighted by Crippen LogP contribution is -2.44. The summed E-state index contributed by atoms with van der Waals surface area (Å²) in [6, 6.07) is 0. The minimum Gasteiger partial charge on any atom is -0.342 e. The van der Waals surface area contributed by atoms with Crippen molar-refractivity contribution >= 4 is 5.91 Å². The lowest BCUT2D eigenvalue weighted by molar-refractivity contribution is -0.134. The monoisotopic (exact) mass is 278 g/mol. The van der Waals surface area contributed by atoms with Crippen molar-refractivity contribution in [2.24, 2.45) is 11.8 Å². The number of amides is 1. The van der Waals surface area contributed by atoms with Crippen LogP contribution in [0.5, 0.6) is 0 Å². The maximum absolute atomic E-state index is 12.2. The van der Waals surface area contributed by atoms with E-state index < -0.39 is 0 Å². The highest BCUT2D eigenvalue weighted by Crippen LogP contribution is 2.36. The largest absolute Gasteiger partial charge is 0.342 e. The van der Waals surface area contributed by atoms with Gasteiger partial charge in [-0.3, -0.25) is 9.78 Å². The van der Waals surface area contributed by atoms with Crippen LogP contribution in [0.2, 0.25) is 0 Å². The molecule has 6 nitrogen and oxygen atoms in total.